The molecule has 1 aliphatic rings. The van der Waals surface area contributed by atoms with Gasteiger partial charge >= 0.3 is 5.97 Å². The summed E-state index contributed by atoms with van der Waals surface area (Å²) in [6.45, 7) is 0.515. The molecule has 2 aromatic heterocycles. The zero-order chi connectivity index (χ0) is 19.7. The van der Waals surface area contributed by atoms with Crippen LogP contribution in [0, 0.1) is 11.8 Å². The Morgan fingerprint density at radius 2 is 2.14 bits per heavy atom. The number of ether oxygens (including phenoxy) is 2. The van der Waals surface area contributed by atoms with Crippen LogP contribution in [-0.2, 0) is 27.7 Å². The summed E-state index contributed by atoms with van der Waals surface area (Å²) >= 11 is 0. The number of hydrogen-bond acceptors (Lipinski definition) is 5. The molecule has 0 amide bonds. The van der Waals surface area contributed by atoms with Gasteiger partial charge in [-0.1, -0.05) is 18.2 Å². The number of aliphatic hydroxyl groups is 1. The Hall–Kier alpha value is -2.86. The summed E-state index contributed by atoms with van der Waals surface area (Å²) in [4.78, 5) is 17.0. The highest BCUT2D eigenvalue weighted by Gasteiger charge is 2.34. The minimum absolute atomic E-state index is 0.0239. The van der Waals surface area contributed by atoms with E-state index in [-0.39, 0.29) is 18.4 Å². The van der Waals surface area contributed by atoms with E-state index in [9.17, 15) is 9.90 Å². The van der Waals surface area contributed by atoms with Crippen molar-refractivity contribution in [3.8, 4) is 0 Å². The molecular formula is C22H24N2O4. The number of carbonyl (C=O) groups is 1. The third kappa shape index (κ3) is 3.03. The molecule has 0 unspecified atom stereocenters. The number of aromatic nitrogens is 2. The summed E-state index contributed by atoms with van der Waals surface area (Å²) in [5.74, 6) is -0.489. The van der Waals surface area contributed by atoms with E-state index >= 15 is 0 Å². The van der Waals surface area contributed by atoms with Crippen LogP contribution in [0.3, 0.4) is 0 Å². The summed E-state index contributed by atoms with van der Waals surface area (Å²) in [5, 5.41) is 11.8. The van der Waals surface area contributed by atoms with Crippen LogP contribution in [0.1, 0.15) is 12.1 Å². The average Bonchev–Trinajstić information content (AvgIpc) is 3.02. The first-order valence-corrected chi connectivity index (χ1v) is 9.47. The molecule has 28 heavy (non-hydrogen) atoms. The predicted octanol–water partition coefficient (Wildman–Crippen LogP) is 2.97. The van der Waals surface area contributed by atoms with E-state index in [1.54, 1.807) is 0 Å². The molecule has 2 atom stereocenters. The molecule has 6 heteroatoms. The van der Waals surface area contributed by atoms with Crippen molar-refractivity contribution in [2.24, 2.45) is 18.9 Å². The van der Waals surface area contributed by atoms with Crippen LogP contribution in [0.5, 0.6) is 0 Å². The van der Waals surface area contributed by atoms with Gasteiger partial charge in [-0.3, -0.25) is 4.98 Å². The maximum Gasteiger partial charge on any atom is 0.337 e. The van der Waals surface area contributed by atoms with Crippen molar-refractivity contribution in [1.29, 1.82) is 0 Å². The Labute approximate surface area is 163 Å². The van der Waals surface area contributed by atoms with Crippen LogP contribution in [0.2, 0.25) is 0 Å². The fourth-order valence-electron chi connectivity index (χ4n) is 4.32. The number of rotatable bonds is 5. The van der Waals surface area contributed by atoms with E-state index in [2.05, 4.69) is 21.7 Å². The Balaban J connectivity index is 1.82. The lowest BCUT2D eigenvalue weighted by Crippen LogP contribution is -2.32. The first-order valence-electron chi connectivity index (χ1n) is 9.47. The van der Waals surface area contributed by atoms with Gasteiger partial charge in [0, 0.05) is 48.0 Å². The second kappa shape index (κ2) is 7.64. The number of pyridine rings is 1. The van der Waals surface area contributed by atoms with E-state index in [0.717, 1.165) is 22.1 Å². The van der Waals surface area contributed by atoms with Gasteiger partial charge in [-0.25, -0.2) is 4.79 Å². The van der Waals surface area contributed by atoms with Crippen LogP contribution in [0.4, 0.5) is 0 Å². The second-order valence-electron chi connectivity index (χ2n) is 7.21. The van der Waals surface area contributed by atoms with Gasteiger partial charge in [-0.05, 0) is 25.0 Å². The van der Waals surface area contributed by atoms with Crippen LogP contribution < -0.4 is 0 Å². The van der Waals surface area contributed by atoms with Crippen molar-refractivity contribution >= 4 is 27.8 Å². The van der Waals surface area contributed by atoms with Crippen LogP contribution in [0.15, 0.2) is 48.4 Å². The van der Waals surface area contributed by atoms with E-state index in [4.69, 9.17) is 9.47 Å². The zero-order valence-electron chi connectivity index (χ0n) is 16.1. The van der Waals surface area contributed by atoms with Gasteiger partial charge in [-0.2, -0.15) is 0 Å². The SMILES string of the molecule is COC(=O)C1=COC[C@H](CCO)[C@@H]1Cc1nccc2c3ccccc3n(C)c12. The highest BCUT2D eigenvalue weighted by molar-refractivity contribution is 6.08. The lowest BCUT2D eigenvalue weighted by molar-refractivity contribution is -0.137. The first kappa shape index (κ1) is 18.5. The largest absolute Gasteiger partial charge is 0.500 e. The minimum Gasteiger partial charge on any atom is -0.500 e. The number of carbonyl (C=O) groups excluding carboxylic acids is 1. The van der Waals surface area contributed by atoms with Gasteiger partial charge in [0.25, 0.3) is 0 Å². The molecule has 6 nitrogen and oxygen atoms in total. The van der Waals surface area contributed by atoms with E-state index < -0.39 is 5.97 Å². The molecule has 0 radical (unpaired) electrons. The molecule has 1 N–H and O–H groups in total. The molecule has 0 saturated heterocycles. The number of hydrogen-bond donors (Lipinski definition) is 1. The molecule has 1 aromatic carbocycles. The second-order valence-corrected chi connectivity index (χ2v) is 7.21. The number of esters is 1. The number of benzene rings is 1. The monoisotopic (exact) mass is 380 g/mol. The van der Waals surface area contributed by atoms with E-state index in [0.29, 0.717) is 25.0 Å². The van der Waals surface area contributed by atoms with E-state index in [1.165, 1.54) is 18.8 Å². The molecule has 146 valence electrons. The molecule has 1 aliphatic heterocycles. The van der Waals surface area contributed by atoms with Crippen molar-refractivity contribution in [3.05, 3.63) is 54.1 Å². The Morgan fingerprint density at radius 3 is 2.93 bits per heavy atom. The number of methoxy groups -OCH3 is 1. The van der Waals surface area contributed by atoms with Gasteiger partial charge in [-0.15, -0.1) is 0 Å². The molecule has 0 bridgehead atoms. The molecule has 0 aliphatic carbocycles. The quantitative estimate of drug-likeness (QED) is 0.689. The lowest BCUT2D eigenvalue weighted by Gasteiger charge is -2.31. The fourth-order valence-corrected chi connectivity index (χ4v) is 4.32. The normalized spacial score (nSPS) is 19.5. The topological polar surface area (TPSA) is 73.6 Å². The van der Waals surface area contributed by atoms with Gasteiger partial charge in [0.2, 0.25) is 0 Å². The van der Waals surface area contributed by atoms with Crippen LogP contribution in [-0.4, -0.2) is 41.0 Å². The van der Waals surface area contributed by atoms with E-state index in [1.807, 2.05) is 31.4 Å². The number of aryl methyl sites for hydroxylation is 1. The number of aliphatic hydroxyl groups excluding tert-OH is 1. The Morgan fingerprint density at radius 1 is 1.32 bits per heavy atom. The van der Waals surface area contributed by atoms with Crippen molar-refractivity contribution in [2.45, 2.75) is 12.8 Å². The number of fused-ring (bicyclic) bond motifs is 3. The first-order chi connectivity index (χ1) is 13.7. The van der Waals surface area contributed by atoms with Crippen molar-refractivity contribution in [1.82, 2.24) is 9.55 Å². The standard InChI is InChI=1S/C22H24N2O4/c1-24-20-6-4-3-5-15(20)16-7-9-23-19(21(16)24)11-17-14(8-10-25)12-28-13-18(17)22(26)27-2/h3-7,9,13-14,17,25H,8,10-12H2,1-2H3/t14-,17-/m0/s1. The maximum atomic E-state index is 12.3. The summed E-state index contributed by atoms with van der Waals surface area (Å²) in [7, 11) is 3.42. The third-order valence-corrected chi connectivity index (χ3v) is 5.71. The van der Waals surface area contributed by atoms with Crippen molar-refractivity contribution < 1.29 is 19.4 Å². The third-order valence-electron chi connectivity index (χ3n) is 5.71. The Kier molecular flexibility index (Phi) is 5.05. The predicted molar refractivity (Wildman–Crippen MR) is 107 cm³/mol. The highest BCUT2D eigenvalue weighted by atomic mass is 16.5. The molecule has 4 rings (SSSR count). The molecule has 3 aromatic rings. The smallest absolute Gasteiger partial charge is 0.337 e. The van der Waals surface area contributed by atoms with Gasteiger partial charge < -0.3 is 19.1 Å². The van der Waals surface area contributed by atoms with Gasteiger partial charge in [0.15, 0.2) is 0 Å². The number of para-hydroxylation sites is 1. The highest BCUT2D eigenvalue weighted by Crippen LogP contribution is 2.35. The average molecular weight is 380 g/mol. The fraction of sp³-hybridized carbons (Fsp3) is 0.364. The molecular weight excluding hydrogens is 356 g/mol. The summed E-state index contributed by atoms with van der Waals surface area (Å²) in [5.41, 5.74) is 3.65. The zero-order valence-corrected chi connectivity index (χ0v) is 16.1. The maximum absolute atomic E-state index is 12.3. The molecule has 0 fully saturated rings. The van der Waals surface area contributed by atoms with Crippen molar-refractivity contribution in [2.75, 3.05) is 20.3 Å². The lowest BCUT2D eigenvalue weighted by atomic mass is 9.80. The van der Waals surface area contributed by atoms with Crippen LogP contribution in [0.25, 0.3) is 21.8 Å². The van der Waals surface area contributed by atoms with Gasteiger partial charge in [0.05, 0.1) is 36.8 Å². The van der Waals surface area contributed by atoms with Crippen LogP contribution >= 0.6 is 0 Å². The summed E-state index contributed by atoms with van der Waals surface area (Å²) in [6, 6.07) is 10.3. The molecule has 3 heterocycles. The Bertz CT molecular complexity index is 1050. The number of nitrogens with zero attached hydrogens (tertiary/aromatic N) is 2. The minimum atomic E-state index is -0.392. The molecule has 0 saturated carbocycles. The summed E-state index contributed by atoms with van der Waals surface area (Å²) in [6.07, 6.45) is 4.47. The molecule has 0 spiro atoms. The summed E-state index contributed by atoms with van der Waals surface area (Å²) < 4.78 is 12.6. The van der Waals surface area contributed by atoms with Gasteiger partial charge in [0.1, 0.15) is 0 Å². The van der Waals surface area contributed by atoms with Crippen molar-refractivity contribution in [3.63, 3.8) is 0 Å².